The van der Waals surface area contributed by atoms with Crippen molar-refractivity contribution in [1.82, 2.24) is 15.3 Å². The van der Waals surface area contributed by atoms with Crippen molar-refractivity contribution in [3.05, 3.63) is 70.2 Å². The van der Waals surface area contributed by atoms with Crippen molar-refractivity contribution in [2.75, 3.05) is 0 Å². The van der Waals surface area contributed by atoms with E-state index in [1.54, 1.807) is 36.7 Å². The Balaban J connectivity index is 1.75. The number of carbonyl (C=O) groups excluding carboxylic acids is 1. The van der Waals surface area contributed by atoms with Crippen molar-refractivity contribution in [3.8, 4) is 10.6 Å². The van der Waals surface area contributed by atoms with Gasteiger partial charge in [-0.2, -0.15) is 0 Å². The number of amides is 1. The van der Waals surface area contributed by atoms with Crippen molar-refractivity contribution >= 4 is 28.8 Å². The molecular weight excluding hydrogens is 337 g/mol. The summed E-state index contributed by atoms with van der Waals surface area (Å²) < 4.78 is 13.6. The average molecular weight is 348 g/mol. The maximum atomic E-state index is 13.6. The lowest BCUT2D eigenvalue weighted by Crippen LogP contribution is -2.22. The molecule has 2 heterocycles. The van der Waals surface area contributed by atoms with E-state index < -0.39 is 0 Å². The van der Waals surface area contributed by atoms with Crippen LogP contribution < -0.4 is 5.32 Å². The summed E-state index contributed by atoms with van der Waals surface area (Å²) in [5, 5.41) is 3.39. The Morgan fingerprint density at radius 3 is 2.83 bits per heavy atom. The Morgan fingerprint density at radius 1 is 1.26 bits per heavy atom. The molecule has 0 aliphatic carbocycles. The SMILES string of the molecule is O=C(NCc1ccccc1F)c1sc(-c2cccnc2)nc1Cl. The van der Waals surface area contributed by atoms with Gasteiger partial charge in [-0.25, -0.2) is 9.37 Å². The lowest BCUT2D eigenvalue weighted by atomic mass is 10.2. The minimum Gasteiger partial charge on any atom is -0.347 e. The highest BCUT2D eigenvalue weighted by Gasteiger charge is 2.18. The molecule has 4 nitrogen and oxygen atoms in total. The van der Waals surface area contributed by atoms with Crippen LogP contribution in [0.3, 0.4) is 0 Å². The first-order valence-electron chi connectivity index (χ1n) is 6.73. The number of thiazole rings is 1. The fraction of sp³-hybridized carbons (Fsp3) is 0.0625. The summed E-state index contributed by atoms with van der Waals surface area (Å²) in [6.45, 7) is 0.0853. The van der Waals surface area contributed by atoms with Gasteiger partial charge in [0.2, 0.25) is 0 Å². The third-order valence-corrected chi connectivity index (χ3v) is 4.59. The largest absolute Gasteiger partial charge is 0.347 e. The van der Waals surface area contributed by atoms with Crippen LogP contribution in [-0.2, 0) is 6.54 Å². The van der Waals surface area contributed by atoms with Gasteiger partial charge in [0.05, 0.1) is 0 Å². The molecule has 0 aliphatic heterocycles. The fourth-order valence-corrected chi connectivity index (χ4v) is 3.15. The Bertz CT molecular complexity index is 838. The quantitative estimate of drug-likeness (QED) is 0.778. The van der Waals surface area contributed by atoms with Crippen molar-refractivity contribution < 1.29 is 9.18 Å². The normalized spacial score (nSPS) is 10.5. The Morgan fingerprint density at radius 2 is 2.09 bits per heavy atom. The Labute approximate surface area is 141 Å². The van der Waals surface area contributed by atoms with E-state index in [-0.39, 0.29) is 23.4 Å². The van der Waals surface area contributed by atoms with Crippen molar-refractivity contribution in [2.45, 2.75) is 6.54 Å². The van der Waals surface area contributed by atoms with E-state index in [0.717, 1.165) is 5.56 Å². The van der Waals surface area contributed by atoms with Crippen molar-refractivity contribution in [1.29, 1.82) is 0 Å². The zero-order valence-electron chi connectivity index (χ0n) is 11.8. The minimum absolute atomic E-state index is 0.0853. The molecule has 23 heavy (non-hydrogen) atoms. The fourth-order valence-electron chi connectivity index (χ4n) is 1.95. The highest BCUT2D eigenvalue weighted by molar-refractivity contribution is 7.17. The highest BCUT2D eigenvalue weighted by Crippen LogP contribution is 2.30. The van der Waals surface area contributed by atoms with Gasteiger partial charge < -0.3 is 5.32 Å². The van der Waals surface area contributed by atoms with Crippen LogP contribution in [0.1, 0.15) is 15.2 Å². The number of aromatic nitrogens is 2. The molecule has 0 saturated carbocycles. The number of carbonyl (C=O) groups is 1. The summed E-state index contributed by atoms with van der Waals surface area (Å²) >= 11 is 7.22. The van der Waals surface area contributed by atoms with E-state index in [1.165, 1.54) is 17.4 Å². The van der Waals surface area contributed by atoms with Gasteiger partial charge in [0.25, 0.3) is 5.91 Å². The topological polar surface area (TPSA) is 54.9 Å². The van der Waals surface area contributed by atoms with Crippen LogP contribution in [0.25, 0.3) is 10.6 Å². The predicted molar refractivity (Wildman–Crippen MR) is 87.9 cm³/mol. The second-order valence-electron chi connectivity index (χ2n) is 4.65. The summed E-state index contributed by atoms with van der Waals surface area (Å²) in [5.41, 5.74) is 1.20. The number of pyridine rings is 1. The van der Waals surface area contributed by atoms with Gasteiger partial charge in [-0.15, -0.1) is 11.3 Å². The maximum absolute atomic E-state index is 13.6. The molecule has 1 amide bonds. The van der Waals surface area contributed by atoms with Crippen LogP contribution in [0.2, 0.25) is 5.15 Å². The van der Waals surface area contributed by atoms with E-state index in [1.807, 2.05) is 6.07 Å². The third-order valence-electron chi connectivity index (χ3n) is 3.10. The van der Waals surface area contributed by atoms with Gasteiger partial charge in [-0.1, -0.05) is 29.8 Å². The molecule has 0 aliphatic rings. The number of nitrogens with zero attached hydrogens (tertiary/aromatic N) is 2. The van der Waals surface area contributed by atoms with Gasteiger partial charge in [-0.05, 0) is 18.2 Å². The standard InChI is InChI=1S/C16H11ClFN3OS/c17-14-13(23-16(21-14)11-5-3-7-19-8-11)15(22)20-9-10-4-1-2-6-12(10)18/h1-8H,9H2,(H,20,22). The van der Waals surface area contributed by atoms with E-state index in [0.29, 0.717) is 15.4 Å². The monoisotopic (exact) mass is 347 g/mol. The molecule has 0 spiro atoms. The predicted octanol–water partition coefficient (Wildman–Crippen LogP) is 3.93. The lowest BCUT2D eigenvalue weighted by molar-refractivity contribution is 0.0954. The molecule has 0 radical (unpaired) electrons. The second-order valence-corrected chi connectivity index (χ2v) is 6.01. The number of hydrogen-bond donors (Lipinski definition) is 1. The molecule has 0 fully saturated rings. The van der Waals surface area contributed by atoms with E-state index in [2.05, 4.69) is 15.3 Å². The van der Waals surface area contributed by atoms with Crippen molar-refractivity contribution in [2.24, 2.45) is 0 Å². The summed E-state index contributed by atoms with van der Waals surface area (Å²) in [6.07, 6.45) is 3.30. The van der Waals surface area contributed by atoms with Gasteiger partial charge in [0.15, 0.2) is 5.15 Å². The number of hydrogen-bond acceptors (Lipinski definition) is 4. The Hall–Kier alpha value is -2.31. The van der Waals surface area contributed by atoms with Crippen LogP contribution in [0.15, 0.2) is 48.8 Å². The molecular formula is C16H11ClFN3OS. The van der Waals surface area contributed by atoms with E-state index >= 15 is 0 Å². The molecule has 3 rings (SSSR count). The summed E-state index contributed by atoms with van der Waals surface area (Å²) in [7, 11) is 0. The molecule has 0 unspecified atom stereocenters. The molecule has 7 heteroatoms. The first-order chi connectivity index (χ1) is 11.1. The van der Waals surface area contributed by atoms with Crippen LogP contribution in [0.5, 0.6) is 0 Å². The Kier molecular flexibility index (Phi) is 4.64. The van der Waals surface area contributed by atoms with Gasteiger partial charge in [-0.3, -0.25) is 9.78 Å². The molecule has 0 atom stereocenters. The van der Waals surface area contributed by atoms with Gasteiger partial charge in [0.1, 0.15) is 15.7 Å². The van der Waals surface area contributed by atoms with Crippen LogP contribution in [0.4, 0.5) is 4.39 Å². The average Bonchev–Trinajstić information content (AvgIpc) is 2.97. The zero-order valence-corrected chi connectivity index (χ0v) is 13.4. The van der Waals surface area contributed by atoms with E-state index in [9.17, 15) is 9.18 Å². The summed E-state index contributed by atoms with van der Waals surface area (Å²) in [4.78, 5) is 20.7. The molecule has 116 valence electrons. The molecule has 1 N–H and O–H groups in total. The van der Waals surface area contributed by atoms with Gasteiger partial charge in [0, 0.05) is 30.1 Å². The second kappa shape index (κ2) is 6.85. The maximum Gasteiger partial charge on any atom is 0.264 e. The third kappa shape index (κ3) is 3.55. The van der Waals surface area contributed by atoms with Crippen molar-refractivity contribution in [3.63, 3.8) is 0 Å². The molecule has 3 aromatic rings. The molecule has 0 bridgehead atoms. The molecule has 1 aromatic carbocycles. The minimum atomic E-state index is -0.383. The summed E-state index contributed by atoms with van der Waals surface area (Å²) in [6, 6.07) is 9.89. The van der Waals surface area contributed by atoms with E-state index in [4.69, 9.17) is 11.6 Å². The first kappa shape index (κ1) is 15.6. The molecule has 0 saturated heterocycles. The number of rotatable bonds is 4. The first-order valence-corrected chi connectivity index (χ1v) is 7.93. The van der Waals surface area contributed by atoms with Crippen LogP contribution >= 0.6 is 22.9 Å². The zero-order chi connectivity index (χ0) is 16.2. The number of nitrogens with one attached hydrogen (secondary N) is 1. The lowest BCUT2D eigenvalue weighted by Gasteiger charge is -2.04. The highest BCUT2D eigenvalue weighted by atomic mass is 35.5. The molecule has 2 aromatic heterocycles. The smallest absolute Gasteiger partial charge is 0.264 e. The number of benzene rings is 1. The number of halogens is 2. The van der Waals surface area contributed by atoms with Crippen LogP contribution in [0, 0.1) is 5.82 Å². The van der Waals surface area contributed by atoms with Gasteiger partial charge >= 0.3 is 0 Å². The summed E-state index contributed by atoms with van der Waals surface area (Å²) in [5.74, 6) is -0.745. The van der Waals surface area contributed by atoms with Crippen LogP contribution in [-0.4, -0.2) is 15.9 Å².